The van der Waals surface area contributed by atoms with E-state index < -0.39 is 10.1 Å². The van der Waals surface area contributed by atoms with Gasteiger partial charge in [0.1, 0.15) is 0 Å². The molecule has 0 heterocycles. The maximum absolute atomic E-state index is 10.6. The van der Waals surface area contributed by atoms with Crippen molar-refractivity contribution in [3.05, 3.63) is 0 Å². The summed E-state index contributed by atoms with van der Waals surface area (Å²) in [6, 6.07) is 0. The highest BCUT2D eigenvalue weighted by atomic mass is 32.2. The van der Waals surface area contributed by atoms with Gasteiger partial charge in [0, 0.05) is 0 Å². The summed E-state index contributed by atoms with van der Waals surface area (Å²) in [5.74, 6) is 1.10. The molecule has 0 aromatic carbocycles. The summed E-state index contributed by atoms with van der Waals surface area (Å²) in [7, 11) is -3.22. The number of hydrogen-bond acceptors (Lipinski definition) is 3. The third kappa shape index (κ3) is 3.72. The molecule has 1 fully saturated rings. The number of hydrogen-bond donors (Lipinski definition) is 0. The third-order valence-corrected chi connectivity index (χ3v) is 2.54. The molecular weight excluding hydrogens is 164 g/mol. The summed E-state index contributed by atoms with van der Waals surface area (Å²) < 4.78 is 25.8. The molecule has 0 bridgehead atoms. The topological polar surface area (TPSA) is 43.4 Å². The molecule has 0 N–H and O–H groups in total. The van der Waals surface area contributed by atoms with Crippen molar-refractivity contribution in [2.45, 2.75) is 19.8 Å². The molecule has 1 rings (SSSR count). The standard InChI is InChI=1S/C7H14O3S/c1-6(7-3-4-7)5-10-11(2,8)9/h6-7H,3-5H2,1-2H3. The molecule has 0 spiro atoms. The van der Waals surface area contributed by atoms with E-state index in [0.717, 1.165) is 6.26 Å². The van der Waals surface area contributed by atoms with Crippen molar-refractivity contribution in [2.24, 2.45) is 11.8 Å². The first-order chi connectivity index (χ1) is 4.99. The predicted molar refractivity (Wildman–Crippen MR) is 42.7 cm³/mol. The van der Waals surface area contributed by atoms with Gasteiger partial charge in [-0.2, -0.15) is 8.42 Å². The van der Waals surface area contributed by atoms with E-state index in [1.165, 1.54) is 12.8 Å². The average Bonchev–Trinajstić information content (AvgIpc) is 2.61. The van der Waals surface area contributed by atoms with Gasteiger partial charge in [0.2, 0.25) is 0 Å². The lowest BCUT2D eigenvalue weighted by Gasteiger charge is -2.07. The van der Waals surface area contributed by atoms with Crippen molar-refractivity contribution in [3.8, 4) is 0 Å². The highest BCUT2D eigenvalue weighted by Gasteiger charge is 2.28. The fraction of sp³-hybridized carbons (Fsp3) is 1.00. The largest absolute Gasteiger partial charge is 0.270 e. The SMILES string of the molecule is CC(COS(C)(=O)=O)C1CC1. The van der Waals surface area contributed by atoms with Gasteiger partial charge < -0.3 is 0 Å². The molecule has 0 saturated heterocycles. The molecule has 1 aliphatic carbocycles. The second-order valence-corrected chi connectivity index (χ2v) is 4.95. The summed E-state index contributed by atoms with van der Waals surface area (Å²) in [5.41, 5.74) is 0. The van der Waals surface area contributed by atoms with Crippen LogP contribution in [0.4, 0.5) is 0 Å². The third-order valence-electron chi connectivity index (χ3n) is 1.97. The van der Waals surface area contributed by atoms with Crippen molar-refractivity contribution in [1.82, 2.24) is 0 Å². The van der Waals surface area contributed by atoms with E-state index in [0.29, 0.717) is 18.4 Å². The van der Waals surface area contributed by atoms with Gasteiger partial charge in [0.15, 0.2) is 0 Å². The van der Waals surface area contributed by atoms with Gasteiger partial charge in [0.05, 0.1) is 12.9 Å². The lowest BCUT2D eigenvalue weighted by Crippen LogP contribution is -2.12. The smallest absolute Gasteiger partial charge is 0.264 e. The van der Waals surface area contributed by atoms with E-state index in [2.05, 4.69) is 4.18 Å². The van der Waals surface area contributed by atoms with Crippen LogP contribution in [-0.4, -0.2) is 21.3 Å². The summed E-state index contributed by atoms with van der Waals surface area (Å²) in [6.07, 6.45) is 3.55. The van der Waals surface area contributed by atoms with Crippen LogP contribution in [0.5, 0.6) is 0 Å². The van der Waals surface area contributed by atoms with Crippen molar-refractivity contribution < 1.29 is 12.6 Å². The molecule has 0 aromatic heterocycles. The maximum atomic E-state index is 10.6. The van der Waals surface area contributed by atoms with Gasteiger partial charge in [-0.15, -0.1) is 0 Å². The van der Waals surface area contributed by atoms with Crippen LogP contribution in [0.3, 0.4) is 0 Å². The molecule has 1 atom stereocenters. The van der Waals surface area contributed by atoms with E-state index in [4.69, 9.17) is 0 Å². The Morgan fingerprint density at radius 2 is 2.09 bits per heavy atom. The molecule has 1 aliphatic rings. The lowest BCUT2D eigenvalue weighted by molar-refractivity contribution is 0.251. The molecule has 0 aliphatic heterocycles. The summed E-state index contributed by atoms with van der Waals surface area (Å²) in [5, 5.41) is 0. The average molecular weight is 178 g/mol. The Kier molecular flexibility index (Phi) is 2.54. The minimum absolute atomic E-state index is 0.351. The van der Waals surface area contributed by atoms with Crippen molar-refractivity contribution in [3.63, 3.8) is 0 Å². The monoisotopic (exact) mass is 178 g/mol. The molecule has 1 unspecified atom stereocenters. The second-order valence-electron chi connectivity index (χ2n) is 3.30. The van der Waals surface area contributed by atoms with Gasteiger partial charge >= 0.3 is 0 Å². The zero-order valence-corrected chi connectivity index (χ0v) is 7.73. The fourth-order valence-corrected chi connectivity index (χ4v) is 1.49. The molecule has 3 nitrogen and oxygen atoms in total. The van der Waals surface area contributed by atoms with Crippen molar-refractivity contribution in [1.29, 1.82) is 0 Å². The summed E-state index contributed by atoms with van der Waals surface area (Å²) in [6.45, 7) is 2.38. The highest BCUT2D eigenvalue weighted by Crippen LogP contribution is 2.36. The second kappa shape index (κ2) is 3.11. The van der Waals surface area contributed by atoms with Gasteiger partial charge in [0.25, 0.3) is 10.1 Å². The molecule has 4 heteroatoms. The van der Waals surface area contributed by atoms with Crippen LogP contribution in [0.15, 0.2) is 0 Å². The Bertz CT molecular complexity index is 216. The van der Waals surface area contributed by atoms with Crippen molar-refractivity contribution >= 4 is 10.1 Å². The van der Waals surface area contributed by atoms with Gasteiger partial charge in [-0.1, -0.05) is 6.92 Å². The molecule has 0 radical (unpaired) electrons. The van der Waals surface area contributed by atoms with Crippen LogP contribution in [-0.2, 0) is 14.3 Å². The predicted octanol–water partition coefficient (Wildman–Crippen LogP) is 1.01. The summed E-state index contributed by atoms with van der Waals surface area (Å²) >= 11 is 0. The zero-order valence-electron chi connectivity index (χ0n) is 6.91. The van der Waals surface area contributed by atoms with Crippen LogP contribution < -0.4 is 0 Å². The maximum Gasteiger partial charge on any atom is 0.264 e. The Balaban J connectivity index is 2.21. The van der Waals surface area contributed by atoms with E-state index in [1.807, 2.05) is 6.92 Å². The molecule has 1 saturated carbocycles. The first-order valence-electron chi connectivity index (χ1n) is 3.83. The fourth-order valence-electron chi connectivity index (χ4n) is 1.03. The normalized spacial score (nSPS) is 21.6. The minimum Gasteiger partial charge on any atom is -0.270 e. The Labute approximate surface area is 67.9 Å². The van der Waals surface area contributed by atoms with Crippen LogP contribution in [0.2, 0.25) is 0 Å². The van der Waals surface area contributed by atoms with Gasteiger partial charge in [-0.25, -0.2) is 0 Å². The van der Waals surface area contributed by atoms with Crippen LogP contribution in [0.25, 0.3) is 0 Å². The van der Waals surface area contributed by atoms with E-state index in [9.17, 15) is 8.42 Å². The first-order valence-corrected chi connectivity index (χ1v) is 5.65. The quantitative estimate of drug-likeness (QED) is 0.603. The van der Waals surface area contributed by atoms with Crippen LogP contribution >= 0.6 is 0 Å². The Morgan fingerprint density at radius 1 is 1.55 bits per heavy atom. The Morgan fingerprint density at radius 3 is 2.45 bits per heavy atom. The van der Waals surface area contributed by atoms with Gasteiger partial charge in [-0.3, -0.25) is 4.18 Å². The number of rotatable bonds is 4. The molecular formula is C7H14O3S. The zero-order chi connectivity index (χ0) is 8.48. The lowest BCUT2D eigenvalue weighted by atomic mass is 10.1. The minimum atomic E-state index is -3.22. The first kappa shape index (κ1) is 9.00. The molecule has 11 heavy (non-hydrogen) atoms. The van der Waals surface area contributed by atoms with E-state index >= 15 is 0 Å². The van der Waals surface area contributed by atoms with E-state index in [1.54, 1.807) is 0 Å². The summed E-state index contributed by atoms with van der Waals surface area (Å²) in [4.78, 5) is 0. The van der Waals surface area contributed by atoms with E-state index in [-0.39, 0.29) is 0 Å². The van der Waals surface area contributed by atoms with Crippen molar-refractivity contribution in [2.75, 3.05) is 12.9 Å². The molecule has 66 valence electrons. The molecule has 0 aromatic rings. The van der Waals surface area contributed by atoms with Crippen LogP contribution in [0, 0.1) is 11.8 Å². The Hall–Kier alpha value is -0.0900. The van der Waals surface area contributed by atoms with Gasteiger partial charge in [-0.05, 0) is 24.7 Å². The highest BCUT2D eigenvalue weighted by molar-refractivity contribution is 7.85. The molecule has 0 amide bonds. The van der Waals surface area contributed by atoms with Crippen LogP contribution in [0.1, 0.15) is 19.8 Å².